The van der Waals surface area contributed by atoms with Crippen LogP contribution in [0, 0.1) is 6.92 Å². The first-order valence-electron chi connectivity index (χ1n) is 4.79. The zero-order chi connectivity index (χ0) is 11.0. The van der Waals surface area contributed by atoms with Gasteiger partial charge in [-0.05, 0) is 19.1 Å². The van der Waals surface area contributed by atoms with Gasteiger partial charge >= 0.3 is 0 Å². The van der Waals surface area contributed by atoms with E-state index in [0.29, 0.717) is 5.56 Å². The van der Waals surface area contributed by atoms with E-state index in [4.69, 9.17) is 4.42 Å². The van der Waals surface area contributed by atoms with Gasteiger partial charge in [-0.3, -0.25) is 4.79 Å². The minimum atomic E-state index is -0.0284. The number of rotatable bonds is 1. The van der Waals surface area contributed by atoms with Crippen LogP contribution in [-0.2, 0) is 0 Å². The van der Waals surface area contributed by atoms with Crippen LogP contribution in [0.25, 0.3) is 11.0 Å². The Labute approximate surface area is 88.3 Å². The summed E-state index contributed by atoms with van der Waals surface area (Å²) in [6.07, 6.45) is 1.52. The Morgan fingerprint density at radius 1 is 1.33 bits per heavy atom. The lowest BCUT2D eigenvalue weighted by molar-refractivity contribution is 0.0828. The van der Waals surface area contributed by atoms with Crippen LogP contribution in [0.4, 0.5) is 0 Å². The Balaban J connectivity index is 2.62. The summed E-state index contributed by atoms with van der Waals surface area (Å²) in [4.78, 5) is 13.3. The first-order valence-corrected chi connectivity index (χ1v) is 4.79. The van der Waals surface area contributed by atoms with Crippen molar-refractivity contribution in [3.05, 3.63) is 35.6 Å². The minimum absolute atomic E-state index is 0.0284. The number of carbonyl (C=O) groups excluding carboxylic acids is 1. The molecule has 0 N–H and O–H groups in total. The number of aryl methyl sites for hydroxylation is 1. The standard InChI is InChI=1S/C12H13NO2/c1-8-4-5-11-9(6-8)10(7-15-11)12(14)13(2)3/h4-7H,1-3H3. The second kappa shape index (κ2) is 3.42. The Morgan fingerprint density at radius 2 is 2.07 bits per heavy atom. The lowest BCUT2D eigenvalue weighted by Gasteiger charge is -2.08. The molecule has 2 aromatic rings. The maximum atomic E-state index is 11.8. The fourth-order valence-electron chi connectivity index (χ4n) is 1.55. The van der Waals surface area contributed by atoms with Crippen molar-refractivity contribution in [2.75, 3.05) is 14.1 Å². The molecule has 1 aromatic carbocycles. The van der Waals surface area contributed by atoms with Crippen LogP contribution in [-0.4, -0.2) is 24.9 Å². The van der Waals surface area contributed by atoms with E-state index < -0.39 is 0 Å². The number of fused-ring (bicyclic) bond motifs is 1. The number of benzene rings is 1. The summed E-state index contributed by atoms with van der Waals surface area (Å²) in [5, 5.41) is 0.883. The number of carbonyl (C=O) groups is 1. The van der Waals surface area contributed by atoms with Crippen LogP contribution < -0.4 is 0 Å². The number of nitrogens with zero attached hydrogens (tertiary/aromatic N) is 1. The van der Waals surface area contributed by atoms with Crippen molar-refractivity contribution in [2.45, 2.75) is 6.92 Å². The molecule has 0 saturated heterocycles. The molecule has 1 aromatic heterocycles. The van der Waals surface area contributed by atoms with Crippen LogP contribution in [0.2, 0.25) is 0 Å². The predicted octanol–water partition coefficient (Wildman–Crippen LogP) is 2.44. The van der Waals surface area contributed by atoms with Crippen molar-refractivity contribution in [3.8, 4) is 0 Å². The van der Waals surface area contributed by atoms with Crippen LogP contribution in [0.1, 0.15) is 15.9 Å². The Bertz CT molecular complexity index is 511. The van der Waals surface area contributed by atoms with Gasteiger partial charge in [0.1, 0.15) is 11.8 Å². The molecule has 0 aliphatic carbocycles. The van der Waals surface area contributed by atoms with Crippen LogP contribution in [0.15, 0.2) is 28.9 Å². The maximum Gasteiger partial charge on any atom is 0.257 e. The van der Waals surface area contributed by atoms with Gasteiger partial charge in [0.25, 0.3) is 5.91 Å². The molecule has 1 amide bonds. The number of furan rings is 1. The van der Waals surface area contributed by atoms with Gasteiger partial charge in [-0.2, -0.15) is 0 Å². The second-order valence-electron chi connectivity index (χ2n) is 3.85. The van der Waals surface area contributed by atoms with E-state index in [1.165, 1.54) is 6.26 Å². The average Bonchev–Trinajstić information content (AvgIpc) is 2.59. The van der Waals surface area contributed by atoms with Crippen LogP contribution in [0.5, 0.6) is 0 Å². The Morgan fingerprint density at radius 3 is 2.73 bits per heavy atom. The molecule has 0 unspecified atom stereocenters. The van der Waals surface area contributed by atoms with Gasteiger partial charge in [0, 0.05) is 19.5 Å². The summed E-state index contributed by atoms with van der Waals surface area (Å²) in [5.41, 5.74) is 2.50. The van der Waals surface area contributed by atoms with Gasteiger partial charge < -0.3 is 9.32 Å². The van der Waals surface area contributed by atoms with Gasteiger partial charge in [0.05, 0.1) is 5.56 Å². The highest BCUT2D eigenvalue weighted by atomic mass is 16.3. The summed E-state index contributed by atoms with van der Waals surface area (Å²) in [6, 6.07) is 5.82. The summed E-state index contributed by atoms with van der Waals surface area (Å²) in [6.45, 7) is 2.00. The molecule has 1 heterocycles. The molecule has 15 heavy (non-hydrogen) atoms. The summed E-state index contributed by atoms with van der Waals surface area (Å²) < 4.78 is 5.33. The monoisotopic (exact) mass is 203 g/mol. The lowest BCUT2D eigenvalue weighted by Crippen LogP contribution is -2.21. The van der Waals surface area contributed by atoms with Gasteiger partial charge in [0.15, 0.2) is 0 Å². The van der Waals surface area contributed by atoms with E-state index in [-0.39, 0.29) is 5.91 Å². The molecule has 2 rings (SSSR count). The van der Waals surface area contributed by atoms with Crippen molar-refractivity contribution in [1.29, 1.82) is 0 Å². The van der Waals surface area contributed by atoms with Crippen molar-refractivity contribution < 1.29 is 9.21 Å². The summed E-state index contributed by atoms with van der Waals surface area (Å²) in [5.74, 6) is -0.0284. The normalized spacial score (nSPS) is 10.6. The third-order valence-corrected chi connectivity index (χ3v) is 2.37. The van der Waals surface area contributed by atoms with Gasteiger partial charge in [0.2, 0.25) is 0 Å². The fourth-order valence-corrected chi connectivity index (χ4v) is 1.55. The van der Waals surface area contributed by atoms with Gasteiger partial charge in [-0.1, -0.05) is 11.6 Å². The topological polar surface area (TPSA) is 33.5 Å². The van der Waals surface area contributed by atoms with Gasteiger partial charge in [-0.15, -0.1) is 0 Å². The molecule has 0 radical (unpaired) electrons. The molecular weight excluding hydrogens is 190 g/mol. The largest absolute Gasteiger partial charge is 0.463 e. The number of hydrogen-bond donors (Lipinski definition) is 0. The Hall–Kier alpha value is -1.77. The summed E-state index contributed by atoms with van der Waals surface area (Å²) >= 11 is 0. The highest BCUT2D eigenvalue weighted by molar-refractivity contribution is 6.05. The lowest BCUT2D eigenvalue weighted by atomic mass is 10.1. The minimum Gasteiger partial charge on any atom is -0.463 e. The zero-order valence-electron chi connectivity index (χ0n) is 9.07. The molecule has 0 aliphatic rings. The third-order valence-electron chi connectivity index (χ3n) is 2.37. The maximum absolute atomic E-state index is 11.8. The number of amides is 1. The van der Waals surface area contributed by atoms with Crippen molar-refractivity contribution in [3.63, 3.8) is 0 Å². The highest BCUT2D eigenvalue weighted by Crippen LogP contribution is 2.23. The van der Waals surface area contributed by atoms with E-state index in [1.54, 1.807) is 19.0 Å². The first-order chi connectivity index (χ1) is 7.09. The Kier molecular flexibility index (Phi) is 2.23. The molecule has 0 fully saturated rings. The predicted molar refractivity (Wildman–Crippen MR) is 59.0 cm³/mol. The molecule has 0 spiro atoms. The van der Waals surface area contributed by atoms with Crippen LogP contribution in [0.3, 0.4) is 0 Å². The SMILES string of the molecule is Cc1ccc2occ(C(=O)N(C)C)c2c1. The van der Waals surface area contributed by atoms with Gasteiger partial charge in [-0.25, -0.2) is 0 Å². The number of hydrogen-bond acceptors (Lipinski definition) is 2. The highest BCUT2D eigenvalue weighted by Gasteiger charge is 2.14. The van der Waals surface area contributed by atoms with E-state index in [9.17, 15) is 4.79 Å². The molecule has 0 bridgehead atoms. The second-order valence-corrected chi connectivity index (χ2v) is 3.85. The van der Waals surface area contributed by atoms with Crippen molar-refractivity contribution in [2.24, 2.45) is 0 Å². The molecule has 0 saturated carbocycles. The van der Waals surface area contributed by atoms with E-state index in [1.807, 2.05) is 25.1 Å². The van der Waals surface area contributed by atoms with E-state index in [2.05, 4.69) is 0 Å². The molecule has 0 atom stereocenters. The molecule has 3 heteroatoms. The van der Waals surface area contributed by atoms with Crippen molar-refractivity contribution >= 4 is 16.9 Å². The quantitative estimate of drug-likeness (QED) is 0.713. The van der Waals surface area contributed by atoms with E-state index in [0.717, 1.165) is 16.5 Å². The molecule has 3 nitrogen and oxygen atoms in total. The average molecular weight is 203 g/mol. The van der Waals surface area contributed by atoms with E-state index >= 15 is 0 Å². The molecular formula is C12H13NO2. The van der Waals surface area contributed by atoms with Crippen LogP contribution >= 0.6 is 0 Å². The first kappa shape index (κ1) is 9.77. The van der Waals surface area contributed by atoms with Crippen molar-refractivity contribution in [1.82, 2.24) is 4.90 Å². The molecule has 0 aliphatic heterocycles. The zero-order valence-corrected chi connectivity index (χ0v) is 9.07. The summed E-state index contributed by atoms with van der Waals surface area (Å²) in [7, 11) is 3.47. The third kappa shape index (κ3) is 1.61. The smallest absolute Gasteiger partial charge is 0.257 e. The molecule has 78 valence electrons. The fraction of sp³-hybridized carbons (Fsp3) is 0.250.